The maximum absolute atomic E-state index is 14.0. The predicted molar refractivity (Wildman–Crippen MR) is 145 cm³/mol. The quantitative estimate of drug-likeness (QED) is 0.199. The summed E-state index contributed by atoms with van der Waals surface area (Å²) in [5.74, 6) is -0.995. The van der Waals surface area contributed by atoms with Crippen LogP contribution in [0.3, 0.4) is 0 Å². The third-order valence-corrected chi connectivity index (χ3v) is 5.60. The summed E-state index contributed by atoms with van der Waals surface area (Å²) in [5.41, 5.74) is -1.28. The first kappa shape index (κ1) is 28.2. The number of nitro groups is 1. The summed E-state index contributed by atoms with van der Waals surface area (Å²) in [6, 6.07) is 6.92. The van der Waals surface area contributed by atoms with Gasteiger partial charge < -0.3 is 25.2 Å². The van der Waals surface area contributed by atoms with Gasteiger partial charge in [-0.1, -0.05) is 0 Å². The number of aromatic nitrogens is 4. The number of nitrogens with one attached hydrogen (secondary N) is 2. The van der Waals surface area contributed by atoms with Gasteiger partial charge in [-0.25, -0.2) is 14.8 Å². The Kier molecular flexibility index (Phi) is 7.30. The monoisotopic (exact) mass is 553 g/mol. The molecule has 14 heteroatoms. The van der Waals surface area contributed by atoms with Crippen LogP contribution in [-0.4, -0.2) is 48.4 Å². The van der Waals surface area contributed by atoms with Crippen LogP contribution in [0.4, 0.5) is 38.1 Å². The second kappa shape index (κ2) is 10.4. The number of hydrogen-bond acceptors (Lipinski definition) is 11. The van der Waals surface area contributed by atoms with Crippen LogP contribution in [0.25, 0.3) is 10.9 Å². The number of aliphatic hydroxyl groups is 1. The van der Waals surface area contributed by atoms with E-state index in [2.05, 4.69) is 25.6 Å². The van der Waals surface area contributed by atoms with E-state index in [0.29, 0.717) is 22.2 Å². The molecule has 0 bridgehead atoms. The van der Waals surface area contributed by atoms with Gasteiger partial charge in [0.15, 0.2) is 0 Å². The normalized spacial score (nSPS) is 11.8. The van der Waals surface area contributed by atoms with Gasteiger partial charge in [0, 0.05) is 35.0 Å². The van der Waals surface area contributed by atoms with Crippen molar-refractivity contribution in [2.24, 2.45) is 0 Å². The number of nitro benzene ring substituents is 1. The molecule has 0 radical (unpaired) electrons. The Morgan fingerprint density at radius 1 is 1.07 bits per heavy atom. The zero-order valence-electron chi connectivity index (χ0n) is 22.6. The van der Waals surface area contributed by atoms with E-state index in [1.807, 2.05) is 0 Å². The molecule has 4 rings (SSSR count). The standard InChI is InChI=1S/C26H28FN7O6/c1-25(2,3)40-24(35)33-10-9-14-18(33)8-7-16(21(14)26(4,5)36)30-22-28-13-29-23(32-22)31-17-12-19(34(37)38)15(27)11-20(17)39-6/h7-13,36H,1-6H3,(H2,28,29,30,31,32). The van der Waals surface area contributed by atoms with Crippen LogP contribution in [0, 0.1) is 15.9 Å². The zero-order valence-corrected chi connectivity index (χ0v) is 22.6. The second-order valence-corrected chi connectivity index (χ2v) is 10.3. The fraction of sp³-hybridized carbons (Fsp3) is 0.308. The van der Waals surface area contributed by atoms with Gasteiger partial charge in [-0.05, 0) is 52.8 Å². The van der Waals surface area contributed by atoms with Crippen molar-refractivity contribution in [3.8, 4) is 5.75 Å². The molecule has 40 heavy (non-hydrogen) atoms. The minimum atomic E-state index is -1.35. The van der Waals surface area contributed by atoms with Crippen LogP contribution < -0.4 is 15.4 Å². The van der Waals surface area contributed by atoms with Gasteiger partial charge in [0.2, 0.25) is 17.7 Å². The lowest BCUT2D eigenvalue weighted by Gasteiger charge is -2.24. The summed E-state index contributed by atoms with van der Waals surface area (Å²) in [6.45, 7) is 8.52. The first-order chi connectivity index (χ1) is 18.7. The largest absolute Gasteiger partial charge is 0.494 e. The average molecular weight is 554 g/mol. The van der Waals surface area contributed by atoms with Crippen molar-refractivity contribution in [2.45, 2.75) is 45.8 Å². The van der Waals surface area contributed by atoms with Crippen molar-refractivity contribution >= 4 is 46.0 Å². The summed E-state index contributed by atoms with van der Waals surface area (Å²) >= 11 is 0. The zero-order chi connectivity index (χ0) is 29.4. The van der Waals surface area contributed by atoms with E-state index in [0.717, 1.165) is 12.1 Å². The molecule has 0 spiro atoms. The smallest absolute Gasteiger partial charge is 0.418 e. The third kappa shape index (κ3) is 5.91. The number of fused-ring (bicyclic) bond motifs is 1. The number of halogens is 1. The van der Waals surface area contributed by atoms with Gasteiger partial charge in [-0.15, -0.1) is 0 Å². The highest BCUT2D eigenvalue weighted by molar-refractivity contribution is 5.95. The maximum atomic E-state index is 14.0. The minimum Gasteiger partial charge on any atom is -0.494 e. The fourth-order valence-electron chi connectivity index (χ4n) is 4.06. The molecule has 0 atom stereocenters. The molecule has 0 fully saturated rings. The molecule has 3 N–H and O–H groups in total. The van der Waals surface area contributed by atoms with Crippen molar-refractivity contribution in [2.75, 3.05) is 17.7 Å². The van der Waals surface area contributed by atoms with Crippen LogP contribution >= 0.6 is 0 Å². The fourth-order valence-corrected chi connectivity index (χ4v) is 4.06. The van der Waals surface area contributed by atoms with Crippen LogP contribution in [0.15, 0.2) is 42.9 Å². The van der Waals surface area contributed by atoms with Crippen LogP contribution in [-0.2, 0) is 10.3 Å². The minimum absolute atomic E-state index is 0.00212. The van der Waals surface area contributed by atoms with E-state index >= 15 is 0 Å². The number of carbonyl (C=O) groups excluding carboxylic acids is 1. The second-order valence-electron chi connectivity index (χ2n) is 10.3. The molecule has 210 valence electrons. The molecular weight excluding hydrogens is 525 g/mol. The highest BCUT2D eigenvalue weighted by Crippen LogP contribution is 2.37. The van der Waals surface area contributed by atoms with E-state index in [4.69, 9.17) is 9.47 Å². The van der Waals surface area contributed by atoms with Crippen molar-refractivity contribution in [3.05, 3.63) is 64.4 Å². The molecule has 2 heterocycles. The summed E-state index contributed by atoms with van der Waals surface area (Å²) in [7, 11) is 1.29. The van der Waals surface area contributed by atoms with Crippen molar-refractivity contribution in [3.63, 3.8) is 0 Å². The topological polar surface area (TPSA) is 167 Å². The number of anilines is 4. The molecule has 0 saturated carbocycles. The number of benzene rings is 2. The predicted octanol–water partition coefficient (Wildman–Crippen LogP) is 5.38. The summed E-state index contributed by atoms with van der Waals surface area (Å²) < 4.78 is 26.0. The molecule has 2 aromatic carbocycles. The molecular formula is C26H28FN7O6. The summed E-state index contributed by atoms with van der Waals surface area (Å²) in [5, 5.41) is 28.7. The Morgan fingerprint density at radius 3 is 2.30 bits per heavy atom. The molecule has 0 unspecified atom stereocenters. The lowest BCUT2D eigenvalue weighted by Crippen LogP contribution is -2.26. The van der Waals surface area contributed by atoms with E-state index in [1.54, 1.807) is 59.0 Å². The first-order valence-corrected chi connectivity index (χ1v) is 12.0. The van der Waals surface area contributed by atoms with Gasteiger partial charge in [-0.2, -0.15) is 9.37 Å². The van der Waals surface area contributed by atoms with E-state index < -0.39 is 33.7 Å². The molecule has 0 aliphatic heterocycles. The molecule has 0 aliphatic rings. The Bertz CT molecular complexity index is 1610. The number of hydrogen-bond donors (Lipinski definition) is 3. The lowest BCUT2D eigenvalue weighted by atomic mass is 9.93. The Hall–Kier alpha value is -4.85. The van der Waals surface area contributed by atoms with Crippen molar-refractivity contribution in [1.29, 1.82) is 0 Å². The van der Waals surface area contributed by atoms with Gasteiger partial charge in [0.05, 0.1) is 28.8 Å². The van der Waals surface area contributed by atoms with Gasteiger partial charge in [0.25, 0.3) is 0 Å². The van der Waals surface area contributed by atoms with Gasteiger partial charge in [0.1, 0.15) is 17.7 Å². The Balaban J connectivity index is 1.70. The number of rotatable bonds is 7. The molecule has 0 aliphatic carbocycles. The molecule has 13 nitrogen and oxygen atoms in total. The lowest BCUT2D eigenvalue weighted by molar-refractivity contribution is -0.387. The summed E-state index contributed by atoms with van der Waals surface area (Å²) in [6.07, 6.45) is 2.20. The van der Waals surface area contributed by atoms with E-state index in [9.17, 15) is 24.4 Å². The summed E-state index contributed by atoms with van der Waals surface area (Å²) in [4.78, 5) is 35.5. The number of nitrogens with zero attached hydrogens (tertiary/aromatic N) is 5. The Morgan fingerprint density at radius 2 is 1.73 bits per heavy atom. The Labute approximate surface area is 228 Å². The highest BCUT2D eigenvalue weighted by Gasteiger charge is 2.27. The third-order valence-electron chi connectivity index (χ3n) is 5.60. The molecule has 0 saturated heterocycles. The SMILES string of the molecule is COc1cc(F)c([N+](=O)[O-])cc1Nc1ncnc(Nc2ccc3c(ccn3C(=O)OC(C)(C)C)c2C(C)(C)O)n1. The number of methoxy groups -OCH3 is 1. The van der Waals surface area contributed by atoms with E-state index in [-0.39, 0.29) is 23.3 Å². The van der Waals surface area contributed by atoms with Crippen molar-refractivity contribution < 1.29 is 28.7 Å². The van der Waals surface area contributed by atoms with Crippen molar-refractivity contribution in [1.82, 2.24) is 19.5 Å². The first-order valence-electron chi connectivity index (χ1n) is 12.0. The van der Waals surface area contributed by atoms with E-state index in [1.165, 1.54) is 18.0 Å². The van der Waals surface area contributed by atoms with Gasteiger partial charge >= 0.3 is 11.8 Å². The highest BCUT2D eigenvalue weighted by atomic mass is 19.1. The van der Waals surface area contributed by atoms with Crippen LogP contribution in [0.1, 0.15) is 40.2 Å². The maximum Gasteiger partial charge on any atom is 0.418 e. The average Bonchev–Trinajstić information content (AvgIpc) is 3.27. The number of ether oxygens (including phenoxy) is 2. The molecule has 0 amide bonds. The molecule has 2 aromatic heterocycles. The number of carbonyl (C=O) groups is 1. The van der Waals surface area contributed by atoms with Crippen LogP contribution in [0.2, 0.25) is 0 Å². The van der Waals surface area contributed by atoms with Crippen LogP contribution in [0.5, 0.6) is 5.75 Å². The van der Waals surface area contributed by atoms with Gasteiger partial charge in [-0.3, -0.25) is 14.7 Å². The molecule has 4 aromatic rings.